The van der Waals surface area contributed by atoms with Gasteiger partial charge in [-0.15, -0.1) is 0 Å². The molecule has 0 radical (unpaired) electrons. The topological polar surface area (TPSA) is 61.8 Å². The minimum Gasteiger partial charge on any atom is -1.00 e. The van der Waals surface area contributed by atoms with E-state index < -0.39 is 0 Å². The Labute approximate surface area is 190 Å². The van der Waals surface area contributed by atoms with E-state index in [2.05, 4.69) is 26.2 Å². The van der Waals surface area contributed by atoms with Gasteiger partial charge < -0.3 is 36.7 Å². The van der Waals surface area contributed by atoms with Gasteiger partial charge in [0.1, 0.15) is 6.61 Å². The van der Waals surface area contributed by atoms with E-state index in [0.29, 0.717) is 24.7 Å². The van der Waals surface area contributed by atoms with Crippen LogP contribution in [-0.2, 0) is 19.7 Å². The summed E-state index contributed by atoms with van der Waals surface area (Å²) < 4.78 is 23.1. The number of benzene rings is 2. The molecular weight excluding hydrogens is 472 g/mol. The lowest BCUT2D eigenvalue weighted by atomic mass is 10.1. The maximum absolute atomic E-state index is 5.96. The van der Waals surface area contributed by atoms with Crippen LogP contribution in [0.4, 0.5) is 0 Å². The normalized spacial score (nSPS) is 11.7. The van der Waals surface area contributed by atoms with Gasteiger partial charge in [0.15, 0.2) is 23.0 Å². The first-order valence-electron chi connectivity index (χ1n) is 9.20. The molecular formula is C22H21BrClN2O4-. The highest BCUT2D eigenvalue weighted by Gasteiger charge is 2.14. The molecule has 158 valence electrons. The molecule has 1 N–H and O–H groups in total. The number of aromatic nitrogens is 1. The summed E-state index contributed by atoms with van der Waals surface area (Å²) in [6.07, 6.45) is 3.53. The van der Waals surface area contributed by atoms with Gasteiger partial charge in [-0.05, 0) is 57.4 Å². The van der Waals surface area contributed by atoms with Crippen molar-refractivity contribution in [3.8, 4) is 23.0 Å². The summed E-state index contributed by atoms with van der Waals surface area (Å²) in [5.41, 5.74) is 3.22. The zero-order chi connectivity index (χ0) is 20.1. The van der Waals surface area contributed by atoms with E-state index >= 15 is 0 Å². The average molecular weight is 493 g/mol. The number of rotatable bonds is 8. The van der Waals surface area contributed by atoms with Crippen LogP contribution in [0.2, 0.25) is 0 Å². The van der Waals surface area contributed by atoms with Crippen molar-refractivity contribution in [2.75, 3.05) is 13.9 Å². The summed E-state index contributed by atoms with van der Waals surface area (Å²) in [7, 11) is 1.64. The summed E-state index contributed by atoms with van der Waals surface area (Å²) in [5.74, 6) is 2.95. The molecule has 0 fully saturated rings. The van der Waals surface area contributed by atoms with Crippen molar-refractivity contribution >= 4 is 15.9 Å². The van der Waals surface area contributed by atoms with Crippen molar-refractivity contribution in [2.45, 2.75) is 19.7 Å². The predicted molar refractivity (Wildman–Crippen MR) is 112 cm³/mol. The van der Waals surface area contributed by atoms with Crippen molar-refractivity contribution < 1.29 is 31.4 Å². The lowest BCUT2D eigenvalue weighted by Gasteiger charge is -2.15. The summed E-state index contributed by atoms with van der Waals surface area (Å²) in [5, 5.41) is 3.44. The fourth-order valence-corrected chi connectivity index (χ4v) is 3.66. The molecule has 0 saturated heterocycles. The molecule has 0 bridgehead atoms. The Morgan fingerprint density at radius 1 is 1.03 bits per heavy atom. The SMILES string of the molecule is COc1cc(CNCc2ccc3c(c2)OCO3)cc(Br)c1OCc1cccnc1.[Cl-]. The number of hydrogen-bond donors (Lipinski definition) is 1. The second kappa shape index (κ2) is 10.5. The van der Waals surface area contributed by atoms with Gasteiger partial charge in [-0.2, -0.15) is 0 Å². The van der Waals surface area contributed by atoms with Gasteiger partial charge in [0, 0.05) is 31.0 Å². The molecule has 0 unspecified atom stereocenters. The number of nitrogens with zero attached hydrogens (tertiary/aromatic N) is 1. The Hall–Kier alpha value is -2.48. The second-order valence-corrected chi connectivity index (χ2v) is 7.40. The van der Waals surface area contributed by atoms with Crippen LogP contribution in [0.3, 0.4) is 0 Å². The standard InChI is InChI=1S/C22H21BrN2O4.ClH/c1-26-21-9-17(7-18(23)22(21)27-13-16-3-2-6-24-11-16)12-25-10-15-4-5-19-20(8-15)29-14-28-19;/h2-9,11,25H,10,12-14H2,1H3;1H/p-1. The van der Waals surface area contributed by atoms with Gasteiger partial charge in [-0.3, -0.25) is 4.98 Å². The van der Waals surface area contributed by atoms with Gasteiger partial charge >= 0.3 is 0 Å². The highest BCUT2D eigenvalue weighted by molar-refractivity contribution is 9.10. The minimum atomic E-state index is 0. The Morgan fingerprint density at radius 3 is 2.67 bits per heavy atom. The van der Waals surface area contributed by atoms with E-state index in [-0.39, 0.29) is 19.2 Å². The molecule has 0 aliphatic carbocycles. The van der Waals surface area contributed by atoms with Crippen molar-refractivity contribution in [2.24, 2.45) is 0 Å². The molecule has 0 spiro atoms. The minimum absolute atomic E-state index is 0. The van der Waals surface area contributed by atoms with E-state index in [4.69, 9.17) is 18.9 Å². The zero-order valence-electron chi connectivity index (χ0n) is 16.4. The Morgan fingerprint density at radius 2 is 1.87 bits per heavy atom. The monoisotopic (exact) mass is 491 g/mol. The second-order valence-electron chi connectivity index (χ2n) is 6.55. The number of methoxy groups -OCH3 is 1. The van der Waals surface area contributed by atoms with Gasteiger partial charge in [0.25, 0.3) is 0 Å². The number of halogens is 2. The summed E-state index contributed by atoms with van der Waals surface area (Å²) in [4.78, 5) is 4.11. The summed E-state index contributed by atoms with van der Waals surface area (Å²) >= 11 is 3.60. The molecule has 2 aromatic carbocycles. The molecule has 2 heterocycles. The number of ether oxygens (including phenoxy) is 4. The fraction of sp³-hybridized carbons (Fsp3) is 0.227. The molecule has 4 rings (SSSR count). The third kappa shape index (κ3) is 5.36. The van der Waals surface area contributed by atoms with Crippen molar-refractivity contribution in [1.29, 1.82) is 0 Å². The third-order valence-electron chi connectivity index (χ3n) is 4.49. The first-order chi connectivity index (χ1) is 14.2. The molecule has 30 heavy (non-hydrogen) atoms. The van der Waals surface area contributed by atoms with Crippen molar-refractivity contribution in [3.05, 3.63) is 76.0 Å². The van der Waals surface area contributed by atoms with Gasteiger partial charge in [0.2, 0.25) is 6.79 Å². The Kier molecular flexibility index (Phi) is 7.79. The maximum atomic E-state index is 5.96. The number of fused-ring (bicyclic) bond motifs is 1. The van der Waals surface area contributed by atoms with Crippen molar-refractivity contribution in [1.82, 2.24) is 10.3 Å². The van der Waals surface area contributed by atoms with Crippen molar-refractivity contribution in [3.63, 3.8) is 0 Å². The average Bonchev–Trinajstić information content (AvgIpc) is 3.21. The van der Waals surface area contributed by atoms with Crippen LogP contribution < -0.4 is 36.7 Å². The lowest BCUT2D eigenvalue weighted by molar-refractivity contribution is -0.00000790. The quantitative estimate of drug-likeness (QED) is 0.514. The van der Waals surface area contributed by atoms with Crippen LogP contribution in [0.1, 0.15) is 16.7 Å². The van der Waals surface area contributed by atoms with Crippen LogP contribution in [0, 0.1) is 0 Å². The van der Waals surface area contributed by atoms with Crippen LogP contribution in [0.5, 0.6) is 23.0 Å². The summed E-state index contributed by atoms with van der Waals surface area (Å²) in [6, 6.07) is 13.9. The highest BCUT2D eigenvalue weighted by Crippen LogP contribution is 2.37. The molecule has 1 aliphatic rings. The molecule has 0 saturated carbocycles. The van der Waals surface area contributed by atoms with E-state index in [0.717, 1.165) is 39.2 Å². The third-order valence-corrected chi connectivity index (χ3v) is 5.08. The molecule has 8 heteroatoms. The first kappa shape index (κ1) is 22.2. The van der Waals surface area contributed by atoms with E-state index in [1.54, 1.807) is 19.5 Å². The Bertz CT molecular complexity index is 988. The molecule has 0 amide bonds. The molecule has 6 nitrogen and oxygen atoms in total. The number of hydrogen-bond acceptors (Lipinski definition) is 6. The summed E-state index contributed by atoms with van der Waals surface area (Å²) in [6.45, 7) is 2.11. The van der Waals surface area contributed by atoms with Crippen LogP contribution in [0.15, 0.2) is 59.3 Å². The fourth-order valence-electron chi connectivity index (χ4n) is 3.06. The largest absolute Gasteiger partial charge is 1.00 e. The number of nitrogens with one attached hydrogen (secondary N) is 1. The van der Waals surface area contributed by atoms with Crippen LogP contribution in [-0.4, -0.2) is 18.9 Å². The highest BCUT2D eigenvalue weighted by atomic mass is 79.9. The van der Waals surface area contributed by atoms with E-state index in [1.807, 2.05) is 42.5 Å². The molecule has 1 aliphatic heterocycles. The molecule has 0 atom stereocenters. The van der Waals surface area contributed by atoms with E-state index in [9.17, 15) is 0 Å². The van der Waals surface area contributed by atoms with Gasteiger partial charge in [-0.1, -0.05) is 12.1 Å². The zero-order valence-corrected chi connectivity index (χ0v) is 18.7. The Balaban J connectivity index is 0.00000256. The lowest BCUT2D eigenvalue weighted by Crippen LogP contribution is -3.00. The smallest absolute Gasteiger partial charge is 0.231 e. The van der Waals surface area contributed by atoms with Crippen LogP contribution in [0.25, 0.3) is 0 Å². The van der Waals surface area contributed by atoms with Gasteiger partial charge in [0.05, 0.1) is 11.6 Å². The predicted octanol–water partition coefficient (Wildman–Crippen LogP) is 1.45. The molecule has 3 aromatic rings. The van der Waals surface area contributed by atoms with Gasteiger partial charge in [-0.25, -0.2) is 0 Å². The molecule has 1 aromatic heterocycles. The number of pyridine rings is 1. The first-order valence-corrected chi connectivity index (χ1v) is 9.99. The van der Waals surface area contributed by atoms with E-state index in [1.165, 1.54) is 0 Å². The maximum Gasteiger partial charge on any atom is 0.231 e. The van der Waals surface area contributed by atoms with Crippen LogP contribution >= 0.6 is 15.9 Å².